The summed E-state index contributed by atoms with van der Waals surface area (Å²) < 4.78 is 1.71. The van der Waals surface area contributed by atoms with Crippen LogP contribution in [0.15, 0.2) is 4.79 Å². The molecule has 3 aromatic rings. The van der Waals surface area contributed by atoms with Crippen LogP contribution in [0.5, 0.6) is 0 Å². The highest BCUT2D eigenvalue weighted by Crippen LogP contribution is 2.26. The number of hydrogen-bond acceptors (Lipinski definition) is 7. The molecule has 1 atom stereocenters. The van der Waals surface area contributed by atoms with Crippen LogP contribution in [0.25, 0.3) is 10.2 Å². The van der Waals surface area contributed by atoms with Crippen molar-refractivity contribution in [1.29, 1.82) is 0 Å². The lowest BCUT2D eigenvalue weighted by Gasteiger charge is -2.13. The predicted octanol–water partition coefficient (Wildman–Crippen LogP) is 1.21. The second-order valence-electron chi connectivity index (χ2n) is 6.83. The largest absolute Gasteiger partial charge is 0.355 e. The van der Waals surface area contributed by atoms with E-state index >= 15 is 0 Å². The molecule has 4 heterocycles. The average molecular weight is 387 g/mol. The molecule has 0 fully saturated rings. The number of aryl methyl sites for hydroxylation is 3. The Kier molecular flexibility index (Phi) is 4.73. The van der Waals surface area contributed by atoms with Crippen LogP contribution in [0, 0.1) is 13.8 Å². The summed E-state index contributed by atoms with van der Waals surface area (Å²) in [6, 6.07) is 0. The van der Waals surface area contributed by atoms with E-state index in [0.29, 0.717) is 30.0 Å². The van der Waals surface area contributed by atoms with Crippen LogP contribution in [-0.2, 0) is 17.8 Å². The molecule has 4 rings (SSSR count). The number of thiophene rings is 1. The lowest BCUT2D eigenvalue weighted by molar-refractivity contribution is -0.122. The van der Waals surface area contributed by atoms with Crippen molar-refractivity contribution < 1.29 is 4.79 Å². The summed E-state index contributed by atoms with van der Waals surface area (Å²) in [5, 5.41) is 15.3. The highest BCUT2D eigenvalue weighted by molar-refractivity contribution is 7.18. The molecule has 0 radical (unpaired) electrons. The van der Waals surface area contributed by atoms with Gasteiger partial charge < -0.3 is 10.3 Å². The van der Waals surface area contributed by atoms with Crippen LogP contribution in [0.3, 0.4) is 0 Å². The average Bonchev–Trinajstić information content (AvgIpc) is 3.13. The molecule has 0 spiro atoms. The Morgan fingerprint density at radius 1 is 1.37 bits per heavy atom. The first kappa shape index (κ1) is 17.8. The number of aromatic nitrogens is 6. The monoisotopic (exact) mass is 387 g/mol. The lowest BCUT2D eigenvalue weighted by Crippen LogP contribution is -2.32. The summed E-state index contributed by atoms with van der Waals surface area (Å²) in [7, 11) is 0. The maximum absolute atomic E-state index is 12.6. The Bertz CT molecular complexity index is 1050. The number of nitrogens with one attached hydrogen (secondary N) is 2. The number of carbonyl (C=O) groups excluding carboxylic acids is 1. The first-order valence-corrected chi connectivity index (χ1v) is 9.89. The van der Waals surface area contributed by atoms with Gasteiger partial charge in [0.15, 0.2) is 5.82 Å². The smallest absolute Gasteiger partial charge is 0.259 e. The van der Waals surface area contributed by atoms with Gasteiger partial charge in [0.2, 0.25) is 5.91 Å². The Hall–Kier alpha value is -2.62. The van der Waals surface area contributed by atoms with E-state index in [1.807, 2.05) is 13.8 Å². The molecule has 1 aliphatic rings. The van der Waals surface area contributed by atoms with E-state index in [1.54, 1.807) is 4.68 Å². The summed E-state index contributed by atoms with van der Waals surface area (Å²) >= 11 is 1.52. The number of tetrazole rings is 1. The molecule has 1 unspecified atom stereocenters. The quantitative estimate of drug-likeness (QED) is 0.695. The number of amides is 1. The molecule has 2 N–H and O–H groups in total. The molecule has 142 valence electrons. The van der Waals surface area contributed by atoms with Gasteiger partial charge in [-0.15, -0.1) is 16.4 Å². The molecular formula is C17H21N7O2S. The zero-order chi connectivity index (χ0) is 19.0. The molecule has 10 heteroatoms. The zero-order valence-electron chi connectivity index (χ0n) is 15.3. The Morgan fingerprint density at radius 3 is 3.07 bits per heavy atom. The van der Waals surface area contributed by atoms with Gasteiger partial charge in [-0.1, -0.05) is 6.42 Å². The van der Waals surface area contributed by atoms with Gasteiger partial charge in [-0.2, -0.15) is 0 Å². The number of fused-ring (bicyclic) bond motifs is 2. The van der Waals surface area contributed by atoms with Gasteiger partial charge in [0.1, 0.15) is 10.7 Å². The van der Waals surface area contributed by atoms with E-state index in [9.17, 15) is 9.59 Å². The van der Waals surface area contributed by atoms with Crippen molar-refractivity contribution in [3.05, 3.63) is 32.4 Å². The Morgan fingerprint density at radius 2 is 2.22 bits per heavy atom. The number of nitrogens with zero attached hydrogens (tertiary/aromatic N) is 5. The topological polar surface area (TPSA) is 118 Å². The molecule has 0 aromatic carbocycles. The van der Waals surface area contributed by atoms with Gasteiger partial charge in [-0.3, -0.25) is 9.59 Å². The lowest BCUT2D eigenvalue weighted by atomic mass is 10.0. The van der Waals surface area contributed by atoms with Crippen molar-refractivity contribution in [1.82, 2.24) is 35.5 Å². The van der Waals surface area contributed by atoms with Gasteiger partial charge in [0.05, 0.1) is 11.3 Å². The fourth-order valence-corrected chi connectivity index (χ4v) is 4.50. The third kappa shape index (κ3) is 3.36. The van der Waals surface area contributed by atoms with E-state index in [2.05, 4.69) is 30.8 Å². The minimum absolute atomic E-state index is 0.0841. The number of H-pyrrole nitrogens is 1. The highest BCUT2D eigenvalue weighted by Gasteiger charge is 2.28. The number of aromatic amines is 1. The van der Waals surface area contributed by atoms with Crippen molar-refractivity contribution in [2.45, 2.75) is 52.0 Å². The normalized spacial score (nSPS) is 16.9. The number of hydrogen-bond donors (Lipinski definition) is 2. The van der Waals surface area contributed by atoms with Crippen molar-refractivity contribution in [2.24, 2.45) is 0 Å². The summed E-state index contributed by atoms with van der Waals surface area (Å²) in [4.78, 5) is 34.2. The molecule has 3 aromatic heterocycles. The molecule has 0 saturated heterocycles. The summed E-state index contributed by atoms with van der Waals surface area (Å²) in [5.74, 6) is 0.793. The molecule has 0 saturated carbocycles. The summed E-state index contributed by atoms with van der Waals surface area (Å²) in [6.07, 6.45) is 3.12. The van der Waals surface area contributed by atoms with Gasteiger partial charge in [0.25, 0.3) is 5.56 Å². The summed E-state index contributed by atoms with van der Waals surface area (Å²) in [6.45, 7) is 5.07. The maximum Gasteiger partial charge on any atom is 0.259 e. The minimum Gasteiger partial charge on any atom is -0.355 e. The van der Waals surface area contributed by atoms with E-state index < -0.39 is 0 Å². The van der Waals surface area contributed by atoms with Gasteiger partial charge in [-0.05, 0) is 42.7 Å². The minimum atomic E-state index is -0.334. The van der Waals surface area contributed by atoms with Gasteiger partial charge in [0, 0.05) is 24.4 Å². The van der Waals surface area contributed by atoms with Crippen LogP contribution in [0.1, 0.15) is 47.3 Å². The van der Waals surface area contributed by atoms with Crippen molar-refractivity contribution in [3.63, 3.8) is 0 Å². The fraction of sp³-hybridized carbons (Fsp3) is 0.529. The molecular weight excluding hydrogens is 366 g/mol. The first-order chi connectivity index (χ1) is 13.0. The van der Waals surface area contributed by atoms with Gasteiger partial charge in [-0.25, -0.2) is 9.67 Å². The highest BCUT2D eigenvalue weighted by atomic mass is 32.1. The van der Waals surface area contributed by atoms with Crippen LogP contribution in [0.2, 0.25) is 0 Å². The third-order valence-electron chi connectivity index (χ3n) is 5.05. The second kappa shape index (κ2) is 7.18. The van der Waals surface area contributed by atoms with Crippen LogP contribution >= 0.6 is 11.3 Å². The van der Waals surface area contributed by atoms with Crippen LogP contribution < -0.4 is 10.9 Å². The molecule has 9 nitrogen and oxygen atoms in total. The first-order valence-electron chi connectivity index (χ1n) is 9.07. The van der Waals surface area contributed by atoms with Gasteiger partial charge >= 0.3 is 0 Å². The fourth-order valence-electron chi connectivity index (χ4n) is 3.45. The Labute approximate surface area is 159 Å². The maximum atomic E-state index is 12.6. The Balaban J connectivity index is 1.44. The van der Waals surface area contributed by atoms with E-state index in [4.69, 9.17) is 0 Å². The number of rotatable bonds is 4. The van der Waals surface area contributed by atoms with Crippen molar-refractivity contribution in [2.75, 3.05) is 6.54 Å². The third-order valence-corrected chi connectivity index (χ3v) is 6.15. The second-order valence-corrected chi connectivity index (χ2v) is 8.03. The molecule has 0 aliphatic carbocycles. The van der Waals surface area contributed by atoms with E-state index in [1.165, 1.54) is 11.3 Å². The summed E-state index contributed by atoms with van der Waals surface area (Å²) in [5.41, 5.74) is 0.862. The van der Waals surface area contributed by atoms with E-state index in [0.717, 1.165) is 41.1 Å². The molecule has 27 heavy (non-hydrogen) atoms. The van der Waals surface area contributed by atoms with E-state index in [-0.39, 0.29) is 17.4 Å². The van der Waals surface area contributed by atoms with Crippen molar-refractivity contribution >= 4 is 27.5 Å². The zero-order valence-corrected chi connectivity index (χ0v) is 16.1. The van der Waals surface area contributed by atoms with Crippen LogP contribution in [-0.4, -0.2) is 42.6 Å². The standard InChI is InChI=1S/C17H21N7O2S/c1-9-10(2)27-17-13(9)16(26)19-12(20-17)6-7-18-15(25)11-5-3-4-8-24-14(11)21-22-23-24/h11H,3-8H2,1-2H3,(H,18,25)(H,19,20,26). The SMILES string of the molecule is Cc1sc2nc(CCNC(=O)C3CCCCn4nnnc43)[nH]c(=O)c2c1C. The van der Waals surface area contributed by atoms with Crippen molar-refractivity contribution in [3.8, 4) is 0 Å². The van der Waals surface area contributed by atoms with Crippen LogP contribution in [0.4, 0.5) is 0 Å². The molecule has 1 aliphatic heterocycles. The molecule has 1 amide bonds. The predicted molar refractivity (Wildman–Crippen MR) is 101 cm³/mol. The number of carbonyl (C=O) groups is 1. The molecule has 0 bridgehead atoms.